The molecule has 0 N–H and O–H groups in total. The van der Waals surface area contributed by atoms with Crippen molar-refractivity contribution >= 4 is 27.0 Å². The van der Waals surface area contributed by atoms with Gasteiger partial charge in [-0.3, -0.25) is 4.79 Å². The van der Waals surface area contributed by atoms with Gasteiger partial charge in [0.1, 0.15) is 5.82 Å². The summed E-state index contributed by atoms with van der Waals surface area (Å²) in [5.41, 5.74) is 3.11. The Morgan fingerprint density at radius 3 is 2.51 bits per heavy atom. The Morgan fingerprint density at radius 2 is 1.86 bits per heavy atom. The zero-order chi connectivity index (χ0) is 25.4. The second kappa shape index (κ2) is 12.0. The Hall–Kier alpha value is -3.22. The van der Waals surface area contributed by atoms with E-state index in [0.29, 0.717) is 56.5 Å². The number of imidazole rings is 1. The SMILES string of the molecule is CCOC(=O)CCCCCN(CC)S(=O)(=O)c1ccc2c(c1)nc(Cc1ccc(C#N)cc1)n2C. The van der Waals surface area contributed by atoms with E-state index in [1.54, 1.807) is 37.3 Å². The number of hydrogen-bond acceptors (Lipinski definition) is 6. The van der Waals surface area contributed by atoms with Crippen LogP contribution in [0, 0.1) is 11.3 Å². The molecule has 186 valence electrons. The van der Waals surface area contributed by atoms with Gasteiger partial charge >= 0.3 is 5.97 Å². The zero-order valence-corrected chi connectivity index (χ0v) is 21.3. The van der Waals surface area contributed by atoms with Gasteiger partial charge in [-0.15, -0.1) is 0 Å². The van der Waals surface area contributed by atoms with Crippen molar-refractivity contribution in [3.05, 3.63) is 59.4 Å². The van der Waals surface area contributed by atoms with Gasteiger partial charge in [0.05, 0.1) is 34.2 Å². The maximum atomic E-state index is 13.3. The van der Waals surface area contributed by atoms with Crippen LogP contribution in [0.25, 0.3) is 11.0 Å². The largest absolute Gasteiger partial charge is 0.466 e. The van der Waals surface area contributed by atoms with E-state index in [2.05, 4.69) is 6.07 Å². The molecule has 3 aromatic rings. The average Bonchev–Trinajstić information content (AvgIpc) is 3.16. The van der Waals surface area contributed by atoms with Gasteiger partial charge in [0, 0.05) is 33.0 Å². The number of sulfonamides is 1. The Labute approximate surface area is 207 Å². The maximum absolute atomic E-state index is 13.3. The van der Waals surface area contributed by atoms with Crippen LogP contribution in [0.15, 0.2) is 47.4 Å². The Bertz CT molecular complexity index is 1310. The molecule has 0 radical (unpaired) electrons. The minimum absolute atomic E-state index is 0.213. The van der Waals surface area contributed by atoms with Gasteiger partial charge in [0.2, 0.25) is 10.0 Å². The number of fused-ring (bicyclic) bond motifs is 1. The van der Waals surface area contributed by atoms with E-state index in [9.17, 15) is 13.2 Å². The summed E-state index contributed by atoms with van der Waals surface area (Å²) < 4.78 is 35.0. The highest BCUT2D eigenvalue weighted by Crippen LogP contribution is 2.24. The van der Waals surface area contributed by atoms with Gasteiger partial charge < -0.3 is 9.30 Å². The van der Waals surface area contributed by atoms with Crippen LogP contribution in [0.5, 0.6) is 0 Å². The minimum atomic E-state index is -3.66. The molecule has 0 unspecified atom stereocenters. The second-order valence-electron chi connectivity index (χ2n) is 8.34. The van der Waals surface area contributed by atoms with E-state index in [0.717, 1.165) is 23.3 Å². The standard InChI is InChI=1S/C26H32N4O4S/c1-4-30(16-8-6-7-9-26(31)34-5-2)35(32,33)22-14-15-24-23(18-22)28-25(29(24)3)17-20-10-12-21(19-27)13-11-20/h10-15,18H,4-9,16-17H2,1-3H3. The van der Waals surface area contributed by atoms with Crippen LogP contribution in [0.2, 0.25) is 0 Å². The lowest BCUT2D eigenvalue weighted by Gasteiger charge is -2.20. The third-order valence-electron chi connectivity index (χ3n) is 5.97. The molecule has 0 bridgehead atoms. The number of carbonyl (C=O) groups is 1. The topological polar surface area (TPSA) is 105 Å². The number of nitrogens with zero attached hydrogens (tertiary/aromatic N) is 4. The fraction of sp³-hybridized carbons (Fsp3) is 0.423. The molecule has 0 saturated heterocycles. The van der Waals surface area contributed by atoms with Gasteiger partial charge in [-0.2, -0.15) is 9.57 Å². The molecule has 35 heavy (non-hydrogen) atoms. The third-order valence-corrected chi connectivity index (χ3v) is 7.94. The van der Waals surface area contributed by atoms with Crippen LogP contribution >= 0.6 is 0 Å². The summed E-state index contributed by atoms with van der Waals surface area (Å²) in [6.45, 7) is 4.74. The average molecular weight is 497 g/mol. The van der Waals surface area contributed by atoms with Crippen molar-refractivity contribution in [3.63, 3.8) is 0 Å². The summed E-state index contributed by atoms with van der Waals surface area (Å²) >= 11 is 0. The van der Waals surface area contributed by atoms with Crippen molar-refractivity contribution in [3.8, 4) is 6.07 Å². The molecule has 0 aliphatic heterocycles. The van der Waals surface area contributed by atoms with E-state index in [4.69, 9.17) is 15.0 Å². The lowest BCUT2D eigenvalue weighted by atomic mass is 10.1. The molecule has 2 aromatic carbocycles. The number of aromatic nitrogens is 2. The van der Waals surface area contributed by atoms with Crippen molar-refractivity contribution in [2.75, 3.05) is 19.7 Å². The third kappa shape index (κ3) is 6.47. The number of hydrogen-bond donors (Lipinski definition) is 0. The van der Waals surface area contributed by atoms with Gasteiger partial charge in [0.15, 0.2) is 0 Å². The van der Waals surface area contributed by atoms with Crippen LogP contribution in [0.4, 0.5) is 0 Å². The Balaban J connectivity index is 1.71. The molecule has 1 aromatic heterocycles. The number of esters is 1. The predicted molar refractivity (Wildman–Crippen MR) is 134 cm³/mol. The molecule has 8 nitrogen and oxygen atoms in total. The highest BCUT2D eigenvalue weighted by atomic mass is 32.2. The molecule has 0 aliphatic rings. The smallest absolute Gasteiger partial charge is 0.305 e. The summed E-state index contributed by atoms with van der Waals surface area (Å²) in [7, 11) is -1.75. The van der Waals surface area contributed by atoms with E-state index in [-0.39, 0.29) is 10.9 Å². The lowest BCUT2D eigenvalue weighted by Crippen LogP contribution is -2.31. The quantitative estimate of drug-likeness (QED) is 0.275. The number of aryl methyl sites for hydroxylation is 1. The molecule has 0 amide bonds. The summed E-state index contributed by atoms with van der Waals surface area (Å²) in [6, 6.07) is 14.5. The number of rotatable bonds is 12. The molecule has 3 rings (SSSR count). The van der Waals surface area contributed by atoms with Gasteiger partial charge in [-0.05, 0) is 55.7 Å². The van der Waals surface area contributed by atoms with Crippen molar-refractivity contribution in [1.82, 2.24) is 13.9 Å². The molecule has 9 heteroatoms. The van der Waals surface area contributed by atoms with Gasteiger partial charge in [0.25, 0.3) is 0 Å². The maximum Gasteiger partial charge on any atom is 0.305 e. The van der Waals surface area contributed by atoms with E-state index in [1.807, 2.05) is 30.7 Å². The fourth-order valence-electron chi connectivity index (χ4n) is 3.99. The van der Waals surface area contributed by atoms with Gasteiger partial charge in [-0.1, -0.05) is 25.5 Å². The first kappa shape index (κ1) is 26.4. The molecule has 0 aliphatic carbocycles. The molecular weight excluding hydrogens is 464 g/mol. The van der Waals surface area contributed by atoms with Crippen LogP contribution in [0.3, 0.4) is 0 Å². The number of nitriles is 1. The highest BCUT2D eigenvalue weighted by molar-refractivity contribution is 7.89. The summed E-state index contributed by atoms with van der Waals surface area (Å²) in [6.07, 6.45) is 3.04. The van der Waals surface area contributed by atoms with Crippen molar-refractivity contribution in [2.24, 2.45) is 7.05 Å². The molecule has 1 heterocycles. The summed E-state index contributed by atoms with van der Waals surface area (Å²) in [4.78, 5) is 16.4. The number of carbonyl (C=O) groups excluding carboxylic acids is 1. The van der Waals surface area contributed by atoms with Crippen LogP contribution in [-0.4, -0.2) is 47.9 Å². The number of unbranched alkanes of at least 4 members (excludes halogenated alkanes) is 2. The minimum Gasteiger partial charge on any atom is -0.466 e. The number of benzene rings is 2. The molecule has 0 fully saturated rings. The molecule has 0 atom stereocenters. The molecule has 0 spiro atoms. The first-order chi connectivity index (χ1) is 16.8. The molecular formula is C26H32N4O4S. The fourth-order valence-corrected chi connectivity index (χ4v) is 5.50. The predicted octanol–water partition coefficient (Wildman–Crippen LogP) is 4.17. The summed E-state index contributed by atoms with van der Waals surface area (Å²) in [5, 5.41) is 8.98. The number of ether oxygens (including phenoxy) is 1. The van der Waals surface area contributed by atoms with Crippen LogP contribution < -0.4 is 0 Å². The second-order valence-corrected chi connectivity index (χ2v) is 10.3. The van der Waals surface area contributed by atoms with Crippen molar-refractivity contribution in [2.45, 2.75) is 50.8 Å². The van der Waals surface area contributed by atoms with Gasteiger partial charge in [-0.25, -0.2) is 13.4 Å². The zero-order valence-electron chi connectivity index (χ0n) is 20.5. The highest BCUT2D eigenvalue weighted by Gasteiger charge is 2.24. The van der Waals surface area contributed by atoms with Crippen LogP contribution in [-0.2, 0) is 33.0 Å². The summed E-state index contributed by atoms with van der Waals surface area (Å²) in [5.74, 6) is 0.600. The Kier molecular flexibility index (Phi) is 9.01. The molecule has 0 saturated carbocycles. The first-order valence-electron chi connectivity index (χ1n) is 11.9. The lowest BCUT2D eigenvalue weighted by molar-refractivity contribution is -0.143. The first-order valence-corrected chi connectivity index (χ1v) is 13.3. The van der Waals surface area contributed by atoms with Crippen molar-refractivity contribution < 1.29 is 17.9 Å². The van der Waals surface area contributed by atoms with Crippen LogP contribution in [0.1, 0.15) is 56.5 Å². The van der Waals surface area contributed by atoms with E-state index < -0.39 is 10.0 Å². The van der Waals surface area contributed by atoms with E-state index >= 15 is 0 Å². The Morgan fingerprint density at radius 1 is 1.11 bits per heavy atom. The van der Waals surface area contributed by atoms with E-state index in [1.165, 1.54) is 4.31 Å². The normalized spacial score (nSPS) is 11.6. The monoisotopic (exact) mass is 496 g/mol. The van der Waals surface area contributed by atoms with Crippen molar-refractivity contribution in [1.29, 1.82) is 5.26 Å².